The molecule has 0 aliphatic carbocycles. The number of pyridine rings is 1. The number of rotatable bonds is 4. The van der Waals surface area contributed by atoms with Crippen LogP contribution in [-0.2, 0) is 0 Å². The fourth-order valence-corrected chi connectivity index (χ4v) is 1.06. The van der Waals surface area contributed by atoms with Crippen molar-refractivity contribution in [3.63, 3.8) is 0 Å². The van der Waals surface area contributed by atoms with Crippen LogP contribution in [0.4, 0.5) is 4.39 Å². The van der Waals surface area contributed by atoms with Gasteiger partial charge in [0.15, 0.2) is 0 Å². The normalized spacial score (nSPS) is 10.3. The zero-order valence-electron chi connectivity index (χ0n) is 7.77. The summed E-state index contributed by atoms with van der Waals surface area (Å²) in [6.45, 7) is 0.349. The zero-order chi connectivity index (χ0) is 11.1. The fourth-order valence-electron chi connectivity index (χ4n) is 0.920. The van der Waals surface area contributed by atoms with Gasteiger partial charge in [-0.05, 0) is 24.1 Å². The van der Waals surface area contributed by atoms with Crippen LogP contribution in [0.15, 0.2) is 23.5 Å². The van der Waals surface area contributed by atoms with Crippen molar-refractivity contribution in [1.82, 2.24) is 4.98 Å². The Balaban J connectivity index is 2.60. The first kappa shape index (κ1) is 11.5. The van der Waals surface area contributed by atoms with Crippen LogP contribution in [0, 0.1) is 5.82 Å². The lowest BCUT2D eigenvalue weighted by Gasteiger charge is -1.95. The minimum absolute atomic E-state index is 0.223. The van der Waals surface area contributed by atoms with Crippen LogP contribution in [0.25, 0.3) is 16.5 Å². The number of hydrogen-bond donors (Lipinski definition) is 0. The van der Waals surface area contributed by atoms with Crippen LogP contribution in [-0.4, -0.2) is 11.5 Å². The predicted molar refractivity (Wildman–Crippen MR) is 56.9 cm³/mol. The Hall–Kier alpha value is -1.58. The summed E-state index contributed by atoms with van der Waals surface area (Å²) >= 11 is 5.54. The third-order valence-corrected chi connectivity index (χ3v) is 1.78. The van der Waals surface area contributed by atoms with Gasteiger partial charge in [0.2, 0.25) is 0 Å². The maximum atomic E-state index is 13.1. The van der Waals surface area contributed by atoms with Gasteiger partial charge in [-0.2, -0.15) is 0 Å². The van der Waals surface area contributed by atoms with E-state index < -0.39 is 5.82 Å². The van der Waals surface area contributed by atoms with Gasteiger partial charge in [-0.15, -0.1) is 0 Å². The first-order valence-corrected chi connectivity index (χ1v) is 4.60. The first-order chi connectivity index (χ1) is 7.24. The van der Waals surface area contributed by atoms with Crippen LogP contribution in [0.3, 0.4) is 0 Å². The lowest BCUT2D eigenvalue weighted by Crippen LogP contribution is -1.86. The Bertz CT molecular complexity index is 413. The second-order valence-corrected chi connectivity index (χ2v) is 3.10. The fraction of sp³-hybridized carbons (Fsp3) is 0.222. The van der Waals surface area contributed by atoms with Gasteiger partial charge in [-0.1, -0.05) is 22.8 Å². The molecule has 1 rings (SSSR count). The van der Waals surface area contributed by atoms with E-state index in [2.05, 4.69) is 15.0 Å². The number of azide groups is 1. The van der Waals surface area contributed by atoms with E-state index in [1.807, 2.05) is 0 Å². The van der Waals surface area contributed by atoms with Crippen LogP contribution in [0.5, 0.6) is 0 Å². The summed E-state index contributed by atoms with van der Waals surface area (Å²) in [5.41, 5.74) is 8.23. The minimum atomic E-state index is -0.470. The van der Waals surface area contributed by atoms with E-state index in [4.69, 9.17) is 17.1 Å². The van der Waals surface area contributed by atoms with Crippen LogP contribution < -0.4 is 0 Å². The lowest BCUT2D eigenvalue weighted by molar-refractivity contribution is 0.618. The molecule has 6 heteroatoms. The Morgan fingerprint density at radius 1 is 1.67 bits per heavy atom. The molecule has 0 saturated carbocycles. The molecule has 0 atom stereocenters. The quantitative estimate of drug-likeness (QED) is 0.335. The zero-order valence-corrected chi connectivity index (χ0v) is 8.52. The summed E-state index contributed by atoms with van der Waals surface area (Å²) in [6.07, 6.45) is 5.14. The lowest BCUT2D eigenvalue weighted by atomic mass is 10.3. The molecule has 0 spiro atoms. The molecular weight excluding hydrogens is 219 g/mol. The first-order valence-electron chi connectivity index (χ1n) is 4.22. The Labute approximate surface area is 91.0 Å². The molecule has 0 saturated heterocycles. The second kappa shape index (κ2) is 6.01. The van der Waals surface area contributed by atoms with Crippen molar-refractivity contribution in [3.05, 3.63) is 45.3 Å². The molecule has 15 heavy (non-hydrogen) atoms. The summed E-state index contributed by atoms with van der Waals surface area (Å²) in [7, 11) is 0. The molecule has 0 bridgehead atoms. The molecule has 4 nitrogen and oxygen atoms in total. The number of nitrogens with zero attached hydrogens (tertiary/aromatic N) is 4. The maximum absolute atomic E-state index is 13.1. The van der Waals surface area contributed by atoms with Gasteiger partial charge in [0, 0.05) is 17.7 Å². The SMILES string of the molecule is [N-]=[N+]=NCCC=Cc1ncc(Cl)cc1F. The third-order valence-electron chi connectivity index (χ3n) is 1.57. The van der Waals surface area contributed by atoms with Gasteiger partial charge >= 0.3 is 0 Å². The van der Waals surface area contributed by atoms with Crippen molar-refractivity contribution >= 4 is 17.7 Å². The number of aromatic nitrogens is 1. The summed E-state index contributed by atoms with van der Waals surface area (Å²) < 4.78 is 13.1. The van der Waals surface area contributed by atoms with Gasteiger partial charge in [-0.3, -0.25) is 4.98 Å². The molecule has 0 amide bonds. The largest absolute Gasteiger partial charge is 0.252 e. The van der Waals surface area contributed by atoms with Crippen molar-refractivity contribution < 1.29 is 4.39 Å². The van der Waals surface area contributed by atoms with Crippen molar-refractivity contribution in [2.75, 3.05) is 6.54 Å². The average Bonchev–Trinajstić information content (AvgIpc) is 2.20. The number of hydrogen-bond acceptors (Lipinski definition) is 2. The van der Waals surface area contributed by atoms with Crippen molar-refractivity contribution in [2.45, 2.75) is 6.42 Å². The highest BCUT2D eigenvalue weighted by molar-refractivity contribution is 6.30. The van der Waals surface area contributed by atoms with Gasteiger partial charge in [0.25, 0.3) is 0 Å². The molecule has 78 valence electrons. The number of halogens is 2. The van der Waals surface area contributed by atoms with Crippen LogP contribution in [0.2, 0.25) is 5.02 Å². The summed E-state index contributed by atoms with van der Waals surface area (Å²) in [6, 6.07) is 1.20. The standard InChI is InChI=1S/C9H8ClFN4/c10-7-5-8(11)9(13-6-7)3-1-2-4-14-15-12/h1,3,5-6H,2,4H2. The third kappa shape index (κ3) is 3.97. The van der Waals surface area contributed by atoms with Gasteiger partial charge in [-0.25, -0.2) is 4.39 Å². The molecular formula is C9H8ClFN4. The second-order valence-electron chi connectivity index (χ2n) is 2.67. The van der Waals surface area contributed by atoms with Crippen LogP contribution in [0.1, 0.15) is 12.1 Å². The molecule has 0 aromatic carbocycles. The molecule has 1 aromatic rings. The molecule has 0 N–H and O–H groups in total. The molecule has 0 fully saturated rings. The van der Waals surface area contributed by atoms with E-state index in [0.717, 1.165) is 0 Å². The topological polar surface area (TPSA) is 61.7 Å². The van der Waals surface area contributed by atoms with Crippen molar-refractivity contribution in [1.29, 1.82) is 0 Å². The smallest absolute Gasteiger partial charge is 0.150 e. The molecule has 0 aliphatic heterocycles. The van der Waals surface area contributed by atoms with E-state index in [0.29, 0.717) is 13.0 Å². The monoisotopic (exact) mass is 226 g/mol. The van der Waals surface area contributed by atoms with Gasteiger partial charge in [0.05, 0.1) is 10.7 Å². The van der Waals surface area contributed by atoms with Gasteiger partial charge in [0.1, 0.15) is 5.82 Å². The molecule has 0 aliphatic rings. The highest BCUT2D eigenvalue weighted by Gasteiger charge is 1.99. The highest BCUT2D eigenvalue weighted by Crippen LogP contribution is 2.12. The highest BCUT2D eigenvalue weighted by atomic mass is 35.5. The molecule has 1 aromatic heterocycles. The Kier molecular flexibility index (Phi) is 4.60. The maximum Gasteiger partial charge on any atom is 0.150 e. The van der Waals surface area contributed by atoms with Crippen molar-refractivity contribution in [3.8, 4) is 0 Å². The van der Waals surface area contributed by atoms with E-state index in [-0.39, 0.29) is 10.7 Å². The molecule has 0 radical (unpaired) electrons. The summed E-state index contributed by atoms with van der Waals surface area (Å²) in [4.78, 5) is 6.39. The van der Waals surface area contributed by atoms with Crippen molar-refractivity contribution in [2.24, 2.45) is 5.11 Å². The summed E-state index contributed by atoms with van der Waals surface area (Å²) in [5, 5.41) is 3.60. The van der Waals surface area contributed by atoms with E-state index in [9.17, 15) is 4.39 Å². The average molecular weight is 227 g/mol. The minimum Gasteiger partial charge on any atom is -0.252 e. The molecule has 1 heterocycles. The predicted octanol–water partition coefficient (Wildman–Crippen LogP) is 3.59. The molecule has 0 unspecified atom stereocenters. The summed E-state index contributed by atoms with van der Waals surface area (Å²) in [5.74, 6) is -0.470. The van der Waals surface area contributed by atoms with E-state index >= 15 is 0 Å². The van der Waals surface area contributed by atoms with E-state index in [1.54, 1.807) is 6.08 Å². The Morgan fingerprint density at radius 3 is 3.13 bits per heavy atom. The van der Waals surface area contributed by atoms with Gasteiger partial charge < -0.3 is 0 Å². The van der Waals surface area contributed by atoms with E-state index in [1.165, 1.54) is 18.3 Å². The van der Waals surface area contributed by atoms with Crippen LogP contribution >= 0.6 is 11.6 Å². The Morgan fingerprint density at radius 2 is 2.47 bits per heavy atom.